The zero-order valence-corrected chi connectivity index (χ0v) is 27.1. The molecule has 2 heterocycles. The minimum Gasteiger partial charge on any atom is -0.486 e. The molecule has 3 amide bonds. The number of halogens is 4. The highest BCUT2D eigenvalue weighted by molar-refractivity contribution is 7.90. The molecule has 6 atom stereocenters. The van der Waals surface area contributed by atoms with E-state index >= 15 is 0 Å². The first-order valence-corrected chi connectivity index (χ1v) is 16.4. The molecule has 1 aromatic rings. The average molecular weight is 679 g/mol. The topological polar surface area (TPSA) is 151 Å². The van der Waals surface area contributed by atoms with Crippen LogP contribution in [0, 0.1) is 28.6 Å². The summed E-state index contributed by atoms with van der Waals surface area (Å²) in [6, 6.07) is 2.12. The lowest BCUT2D eigenvalue weighted by atomic mass is 9.86. The summed E-state index contributed by atoms with van der Waals surface area (Å²) >= 11 is 5.99. The summed E-state index contributed by atoms with van der Waals surface area (Å²) in [6.45, 7) is 7.96. The number of piperidine rings is 1. The molecule has 1 aliphatic carbocycles. The van der Waals surface area contributed by atoms with Crippen LogP contribution in [-0.4, -0.2) is 80.2 Å². The number of Topliss-reactive ketones (excluding diaryl/α,β-unsaturated/α-hetero) is 1. The van der Waals surface area contributed by atoms with Crippen LogP contribution in [0.15, 0.2) is 24.3 Å². The van der Waals surface area contributed by atoms with Gasteiger partial charge < -0.3 is 20.3 Å². The predicted octanol–water partition coefficient (Wildman–Crippen LogP) is 2.64. The average Bonchev–Trinajstić information content (AvgIpc) is 3.25. The number of benzene rings is 1. The van der Waals surface area contributed by atoms with E-state index in [2.05, 4.69) is 10.6 Å². The van der Waals surface area contributed by atoms with Gasteiger partial charge in [-0.25, -0.2) is 8.42 Å². The maximum atomic E-state index is 14.0. The third-order valence-electron chi connectivity index (χ3n) is 9.02. The van der Waals surface area contributed by atoms with E-state index in [4.69, 9.17) is 16.3 Å². The van der Waals surface area contributed by atoms with Gasteiger partial charge in [-0.15, -0.1) is 0 Å². The Hall–Kier alpha value is -2.91. The Bertz CT molecular complexity index is 1460. The first kappa shape index (κ1) is 35.0. The van der Waals surface area contributed by atoms with Gasteiger partial charge in [-0.05, 0) is 53.7 Å². The second kappa shape index (κ2) is 12.4. The van der Waals surface area contributed by atoms with Crippen LogP contribution in [0.5, 0.6) is 5.75 Å². The molecule has 45 heavy (non-hydrogen) atoms. The van der Waals surface area contributed by atoms with Crippen LogP contribution >= 0.6 is 11.6 Å². The number of ketones is 1. The number of ether oxygens (including phenoxy) is 1. The van der Waals surface area contributed by atoms with E-state index in [1.54, 1.807) is 18.2 Å². The fraction of sp³-hybridized carbons (Fsp3) is 0.655. The number of alkyl halides is 3. The maximum absolute atomic E-state index is 14.0. The number of hydrogen-bond donors (Lipinski definition) is 3. The molecule has 3 aliphatic rings. The number of hydrogen-bond acceptors (Lipinski definition) is 7. The second-order valence-corrected chi connectivity index (χ2v) is 15.7. The molecule has 2 saturated heterocycles. The van der Waals surface area contributed by atoms with Gasteiger partial charge in [0.15, 0.2) is 5.78 Å². The van der Waals surface area contributed by atoms with E-state index in [0.29, 0.717) is 23.7 Å². The van der Waals surface area contributed by atoms with Gasteiger partial charge >= 0.3 is 15.5 Å². The fourth-order valence-electron chi connectivity index (χ4n) is 6.29. The lowest BCUT2D eigenvalue weighted by Crippen LogP contribution is -2.61. The lowest BCUT2D eigenvalue weighted by Gasteiger charge is -2.37. The van der Waals surface area contributed by atoms with E-state index in [-0.39, 0.29) is 24.8 Å². The van der Waals surface area contributed by atoms with Gasteiger partial charge in [-0.3, -0.25) is 19.2 Å². The third kappa shape index (κ3) is 7.40. The third-order valence-corrected chi connectivity index (χ3v) is 10.4. The first-order chi connectivity index (χ1) is 20.6. The molecule has 0 unspecified atom stereocenters. The van der Waals surface area contributed by atoms with Gasteiger partial charge in [-0.2, -0.15) is 17.9 Å². The summed E-state index contributed by atoms with van der Waals surface area (Å²) < 4.78 is 71.0. The van der Waals surface area contributed by atoms with Crippen LogP contribution in [0.4, 0.5) is 13.2 Å². The maximum Gasteiger partial charge on any atom is 0.511 e. The number of sulfonamides is 1. The summed E-state index contributed by atoms with van der Waals surface area (Å²) in [5.41, 5.74) is -7.36. The quantitative estimate of drug-likeness (QED) is 0.326. The molecule has 0 aromatic heterocycles. The molecule has 1 aromatic carbocycles. The van der Waals surface area contributed by atoms with Crippen molar-refractivity contribution in [1.29, 1.82) is 0 Å². The summed E-state index contributed by atoms with van der Waals surface area (Å²) in [5.74, 6) is -3.37. The van der Waals surface area contributed by atoms with Gasteiger partial charge in [-0.1, -0.05) is 52.3 Å². The SMILES string of the molecule is CC(C)(C)[C@H](NS(=O)(=O)C(F)(F)F)C(=O)N1C[C@H]2[C@@H]([C@H]1C(=O)N[C@@H](C[C@@H]1CCNC1=O)C(=O)COc1cccc(Cl)c1)C2(C)C. The fourth-order valence-corrected chi connectivity index (χ4v) is 7.37. The molecule has 0 spiro atoms. The highest BCUT2D eigenvalue weighted by Gasteiger charge is 2.70. The van der Waals surface area contributed by atoms with Crippen molar-refractivity contribution in [2.24, 2.45) is 28.6 Å². The molecule has 11 nitrogen and oxygen atoms in total. The highest BCUT2D eigenvalue weighted by Crippen LogP contribution is 2.65. The minimum atomic E-state index is -5.90. The van der Waals surface area contributed by atoms with Crippen molar-refractivity contribution in [1.82, 2.24) is 20.3 Å². The van der Waals surface area contributed by atoms with Crippen molar-refractivity contribution in [2.45, 2.75) is 71.1 Å². The highest BCUT2D eigenvalue weighted by atomic mass is 35.5. The van der Waals surface area contributed by atoms with Gasteiger partial charge in [0.25, 0.3) is 0 Å². The molecule has 3 fully saturated rings. The monoisotopic (exact) mass is 678 g/mol. The molecular formula is C29H38ClF3N4O7S. The molecule has 0 bridgehead atoms. The van der Waals surface area contributed by atoms with Crippen molar-refractivity contribution in [3.63, 3.8) is 0 Å². The van der Waals surface area contributed by atoms with Crippen molar-refractivity contribution in [3.05, 3.63) is 29.3 Å². The predicted molar refractivity (Wildman–Crippen MR) is 157 cm³/mol. The van der Waals surface area contributed by atoms with Gasteiger partial charge in [0.05, 0.1) is 6.04 Å². The number of amides is 3. The Labute approximate surface area is 265 Å². The van der Waals surface area contributed by atoms with Gasteiger partial charge in [0, 0.05) is 24.0 Å². The van der Waals surface area contributed by atoms with Crippen LogP contribution in [0.1, 0.15) is 47.5 Å². The summed E-state index contributed by atoms with van der Waals surface area (Å²) in [6.07, 6.45) is 0.398. The van der Waals surface area contributed by atoms with Gasteiger partial charge in [0.1, 0.15) is 24.4 Å². The van der Waals surface area contributed by atoms with Crippen LogP contribution in [0.25, 0.3) is 0 Å². The first-order valence-electron chi connectivity index (χ1n) is 14.5. The van der Waals surface area contributed by atoms with E-state index in [1.165, 1.54) is 31.6 Å². The van der Waals surface area contributed by atoms with E-state index in [0.717, 1.165) is 4.90 Å². The van der Waals surface area contributed by atoms with Crippen LogP contribution < -0.4 is 20.1 Å². The Kier molecular flexibility index (Phi) is 9.60. The number of likely N-dealkylation sites (tertiary alicyclic amines) is 1. The van der Waals surface area contributed by atoms with E-state index in [1.807, 2.05) is 13.8 Å². The summed E-state index contributed by atoms with van der Waals surface area (Å²) in [7, 11) is -5.90. The van der Waals surface area contributed by atoms with Crippen molar-refractivity contribution >= 4 is 45.1 Å². The largest absolute Gasteiger partial charge is 0.511 e. The molecular weight excluding hydrogens is 641 g/mol. The minimum absolute atomic E-state index is 0.0104. The summed E-state index contributed by atoms with van der Waals surface area (Å²) in [5, 5.41) is 5.77. The molecule has 250 valence electrons. The zero-order chi connectivity index (χ0) is 33.7. The Morgan fingerprint density at radius 1 is 1.20 bits per heavy atom. The zero-order valence-electron chi connectivity index (χ0n) is 25.5. The molecule has 0 radical (unpaired) electrons. The Morgan fingerprint density at radius 3 is 2.42 bits per heavy atom. The normalized spacial score (nSPS) is 25.6. The molecule has 2 aliphatic heterocycles. The van der Waals surface area contributed by atoms with Crippen LogP contribution in [0.3, 0.4) is 0 Å². The second-order valence-electron chi connectivity index (χ2n) is 13.5. The lowest BCUT2D eigenvalue weighted by molar-refractivity contribution is -0.144. The number of rotatable bonds is 11. The van der Waals surface area contributed by atoms with Crippen LogP contribution in [-0.2, 0) is 29.2 Å². The standard InChI is InChI=1S/C29H38ClF3N4O7S/c1-27(2,3)23(36-45(42,43)29(31,32)33)26(41)37-13-18-21(28(18,4)5)22(37)25(40)35-19(11-15-9-10-34-24(15)39)20(38)14-44-17-8-6-7-16(30)12-17/h6-8,12,15,18-19,21-23,36H,9-11,13-14H2,1-5H3,(H,34,39)(H,35,40)/t15-,18-,19-,21-,22-,23+/m0/s1. The van der Waals surface area contributed by atoms with Crippen molar-refractivity contribution in [2.75, 3.05) is 19.7 Å². The molecule has 16 heteroatoms. The molecule has 1 saturated carbocycles. The van der Waals surface area contributed by atoms with E-state index < -0.39 is 80.5 Å². The van der Waals surface area contributed by atoms with E-state index in [9.17, 15) is 40.8 Å². The molecule has 4 rings (SSSR count). The van der Waals surface area contributed by atoms with Gasteiger partial charge in [0.2, 0.25) is 17.7 Å². The Balaban J connectivity index is 1.59. The molecule has 3 N–H and O–H groups in total. The summed E-state index contributed by atoms with van der Waals surface area (Å²) in [4.78, 5) is 54.6. The number of carbonyl (C=O) groups excluding carboxylic acids is 4. The number of carbonyl (C=O) groups is 4. The van der Waals surface area contributed by atoms with Crippen molar-refractivity contribution in [3.8, 4) is 5.75 Å². The van der Waals surface area contributed by atoms with Crippen LogP contribution in [0.2, 0.25) is 5.02 Å². The van der Waals surface area contributed by atoms with Crippen molar-refractivity contribution < 1.29 is 45.5 Å². The Morgan fingerprint density at radius 2 is 1.87 bits per heavy atom. The smallest absolute Gasteiger partial charge is 0.486 e. The number of nitrogens with one attached hydrogen (secondary N) is 3. The number of nitrogens with zero attached hydrogens (tertiary/aromatic N) is 1. The number of fused-ring (bicyclic) bond motifs is 1.